The van der Waals surface area contributed by atoms with Crippen molar-refractivity contribution in [1.82, 2.24) is 9.36 Å². The first kappa shape index (κ1) is 17.7. The summed E-state index contributed by atoms with van der Waals surface area (Å²) in [6, 6.07) is 7.13. The van der Waals surface area contributed by atoms with Gasteiger partial charge in [0.05, 0.1) is 12.5 Å². The summed E-state index contributed by atoms with van der Waals surface area (Å²) in [6.07, 6.45) is 7.11. The largest absolute Gasteiger partial charge is 0.504 e. The van der Waals surface area contributed by atoms with Gasteiger partial charge in [0.1, 0.15) is 4.83 Å². The Kier molecular flexibility index (Phi) is 4.94. The van der Waals surface area contributed by atoms with Crippen LogP contribution in [0.25, 0.3) is 21.3 Å². The Bertz CT molecular complexity index is 980. The minimum Gasteiger partial charge on any atom is -0.504 e. The summed E-state index contributed by atoms with van der Waals surface area (Å²) in [5, 5.41) is 13.6. The molecule has 1 fully saturated rings. The van der Waals surface area contributed by atoms with Crippen molar-refractivity contribution < 1.29 is 14.6 Å². The summed E-state index contributed by atoms with van der Waals surface area (Å²) in [5.74, 6) is 1.20. The average Bonchev–Trinajstić information content (AvgIpc) is 3.11. The fourth-order valence-corrected chi connectivity index (χ4v) is 4.20. The number of carbonyl (C=O) groups excluding carboxylic acids is 1. The quantitative estimate of drug-likeness (QED) is 0.688. The average molecular weight is 383 g/mol. The van der Waals surface area contributed by atoms with Crippen molar-refractivity contribution in [1.29, 1.82) is 0 Å². The molecule has 140 valence electrons. The van der Waals surface area contributed by atoms with Crippen molar-refractivity contribution >= 4 is 33.5 Å². The van der Waals surface area contributed by atoms with Gasteiger partial charge in [-0.3, -0.25) is 4.79 Å². The normalized spacial score (nSPS) is 15.0. The van der Waals surface area contributed by atoms with E-state index in [0.29, 0.717) is 11.6 Å². The van der Waals surface area contributed by atoms with Crippen molar-refractivity contribution in [2.45, 2.75) is 32.1 Å². The van der Waals surface area contributed by atoms with E-state index < -0.39 is 0 Å². The Labute approximate surface area is 161 Å². The second-order valence-electron chi connectivity index (χ2n) is 6.82. The van der Waals surface area contributed by atoms with Crippen molar-refractivity contribution in [2.24, 2.45) is 5.92 Å². The molecule has 2 heterocycles. The van der Waals surface area contributed by atoms with E-state index in [2.05, 4.69) is 14.7 Å². The zero-order chi connectivity index (χ0) is 18.8. The molecule has 4 rings (SSSR count). The molecular weight excluding hydrogens is 362 g/mol. The van der Waals surface area contributed by atoms with Crippen LogP contribution in [0.15, 0.2) is 30.5 Å². The lowest BCUT2D eigenvalue weighted by molar-refractivity contribution is -0.120. The summed E-state index contributed by atoms with van der Waals surface area (Å²) in [6.45, 7) is 0. The zero-order valence-electron chi connectivity index (χ0n) is 15.1. The summed E-state index contributed by atoms with van der Waals surface area (Å²) in [5.41, 5.74) is 1.74. The van der Waals surface area contributed by atoms with E-state index in [9.17, 15) is 9.90 Å². The minimum atomic E-state index is 0.0543. The third kappa shape index (κ3) is 3.60. The molecule has 2 aromatic heterocycles. The van der Waals surface area contributed by atoms with E-state index in [1.54, 1.807) is 24.4 Å². The highest BCUT2D eigenvalue weighted by atomic mass is 32.1. The number of anilines is 1. The molecule has 0 spiro atoms. The van der Waals surface area contributed by atoms with Gasteiger partial charge in [0.2, 0.25) is 5.91 Å². The van der Waals surface area contributed by atoms with Crippen molar-refractivity contribution in [3.05, 3.63) is 30.5 Å². The van der Waals surface area contributed by atoms with Gasteiger partial charge in [0.15, 0.2) is 17.3 Å². The maximum absolute atomic E-state index is 12.6. The summed E-state index contributed by atoms with van der Waals surface area (Å²) in [7, 11) is 1.52. The topological polar surface area (TPSA) is 84.3 Å². The van der Waals surface area contributed by atoms with Crippen molar-refractivity contribution in [2.75, 3.05) is 12.4 Å². The standard InChI is InChI=1S/C20H21N3O3S/c1-26-17-10-13(7-8-16(17)24)14-9-15-18(23-27-20(15)21-11-14)22-19(25)12-5-3-2-4-6-12/h7-12,24H,2-6H2,1H3,(H,22,23,25). The van der Waals surface area contributed by atoms with Gasteiger partial charge in [0.25, 0.3) is 0 Å². The number of carbonyl (C=O) groups is 1. The van der Waals surface area contributed by atoms with Crippen molar-refractivity contribution in [3.8, 4) is 22.6 Å². The van der Waals surface area contributed by atoms with Crippen LogP contribution >= 0.6 is 11.5 Å². The summed E-state index contributed by atoms with van der Waals surface area (Å²) >= 11 is 1.28. The van der Waals surface area contributed by atoms with Crippen LogP contribution < -0.4 is 10.1 Å². The highest BCUT2D eigenvalue weighted by molar-refractivity contribution is 7.13. The lowest BCUT2D eigenvalue weighted by atomic mass is 9.89. The van der Waals surface area contributed by atoms with Crippen LogP contribution in [0.2, 0.25) is 0 Å². The van der Waals surface area contributed by atoms with Crippen molar-refractivity contribution in [3.63, 3.8) is 0 Å². The first-order chi connectivity index (χ1) is 13.2. The van der Waals surface area contributed by atoms with Gasteiger partial charge >= 0.3 is 0 Å². The number of hydrogen-bond acceptors (Lipinski definition) is 6. The van der Waals surface area contributed by atoms with Gasteiger partial charge in [-0.1, -0.05) is 25.3 Å². The number of amides is 1. The molecule has 0 atom stereocenters. The Morgan fingerprint density at radius 2 is 2.04 bits per heavy atom. The smallest absolute Gasteiger partial charge is 0.228 e. The molecule has 0 bridgehead atoms. The molecule has 7 heteroatoms. The van der Waals surface area contributed by atoms with E-state index in [1.165, 1.54) is 25.1 Å². The number of phenols is 1. The number of fused-ring (bicyclic) bond motifs is 1. The molecule has 1 aliphatic rings. The molecule has 1 amide bonds. The number of nitrogens with zero attached hydrogens (tertiary/aromatic N) is 2. The van der Waals surface area contributed by atoms with Gasteiger partial charge in [-0.25, -0.2) is 4.98 Å². The number of hydrogen-bond donors (Lipinski definition) is 2. The molecular formula is C20H21N3O3S. The summed E-state index contributed by atoms with van der Waals surface area (Å²) in [4.78, 5) is 17.8. The van der Waals surface area contributed by atoms with E-state index in [-0.39, 0.29) is 17.6 Å². The Morgan fingerprint density at radius 1 is 1.22 bits per heavy atom. The number of aromatic hydroxyl groups is 1. The Hall–Kier alpha value is -2.67. The van der Waals surface area contributed by atoms with Gasteiger partial charge < -0.3 is 15.2 Å². The van der Waals surface area contributed by atoms with Crippen LogP contribution in [0.4, 0.5) is 5.82 Å². The fraction of sp³-hybridized carbons (Fsp3) is 0.350. The van der Waals surface area contributed by atoms with Crippen LogP contribution in [0, 0.1) is 5.92 Å². The number of phenolic OH excluding ortho intramolecular Hbond substituents is 1. The van der Waals surface area contributed by atoms with Crippen LogP contribution in [-0.4, -0.2) is 27.5 Å². The number of nitrogens with one attached hydrogen (secondary N) is 1. The third-order valence-electron chi connectivity index (χ3n) is 5.06. The zero-order valence-corrected chi connectivity index (χ0v) is 15.9. The molecule has 0 unspecified atom stereocenters. The molecule has 6 nitrogen and oxygen atoms in total. The van der Waals surface area contributed by atoms with Crippen LogP contribution in [0.5, 0.6) is 11.5 Å². The minimum absolute atomic E-state index is 0.0543. The lowest BCUT2D eigenvalue weighted by Gasteiger charge is -2.20. The number of pyridine rings is 1. The Morgan fingerprint density at radius 3 is 2.81 bits per heavy atom. The molecule has 3 aromatic rings. The van der Waals surface area contributed by atoms with Crippen LogP contribution in [0.3, 0.4) is 0 Å². The first-order valence-corrected chi connectivity index (χ1v) is 9.86. The molecule has 1 saturated carbocycles. The maximum atomic E-state index is 12.6. The molecule has 0 saturated heterocycles. The highest BCUT2D eigenvalue weighted by Gasteiger charge is 2.22. The second kappa shape index (κ2) is 7.52. The number of ether oxygens (including phenoxy) is 1. The van der Waals surface area contributed by atoms with Crippen LogP contribution in [0.1, 0.15) is 32.1 Å². The highest BCUT2D eigenvalue weighted by Crippen LogP contribution is 2.34. The van der Waals surface area contributed by atoms with E-state index in [4.69, 9.17) is 4.74 Å². The Balaban J connectivity index is 1.64. The molecule has 1 aromatic carbocycles. The van der Waals surface area contributed by atoms with Gasteiger partial charge in [0, 0.05) is 17.7 Å². The lowest BCUT2D eigenvalue weighted by Crippen LogP contribution is -2.24. The predicted molar refractivity (Wildman–Crippen MR) is 106 cm³/mol. The SMILES string of the molecule is COc1cc(-c2cnc3snc(NC(=O)C4CCCCC4)c3c2)ccc1O. The number of benzene rings is 1. The predicted octanol–water partition coefficient (Wildman–Crippen LogP) is 4.59. The summed E-state index contributed by atoms with van der Waals surface area (Å²) < 4.78 is 9.58. The second-order valence-corrected chi connectivity index (χ2v) is 7.57. The molecule has 2 N–H and O–H groups in total. The fourth-order valence-electron chi connectivity index (χ4n) is 3.52. The first-order valence-electron chi connectivity index (χ1n) is 9.09. The molecule has 1 aliphatic carbocycles. The number of rotatable bonds is 4. The monoisotopic (exact) mass is 383 g/mol. The number of aromatic nitrogens is 2. The molecule has 0 aliphatic heterocycles. The van der Waals surface area contributed by atoms with Gasteiger partial charge in [-0.05, 0) is 48.1 Å². The van der Waals surface area contributed by atoms with Gasteiger partial charge in [-0.2, -0.15) is 4.37 Å². The molecule has 27 heavy (non-hydrogen) atoms. The van der Waals surface area contributed by atoms with Gasteiger partial charge in [-0.15, -0.1) is 0 Å². The maximum Gasteiger partial charge on any atom is 0.228 e. The molecule has 0 radical (unpaired) electrons. The van der Waals surface area contributed by atoms with Crippen LogP contribution in [-0.2, 0) is 4.79 Å². The van der Waals surface area contributed by atoms with E-state index in [1.807, 2.05) is 6.07 Å². The third-order valence-corrected chi connectivity index (χ3v) is 5.83. The number of methoxy groups -OCH3 is 1. The van der Waals surface area contributed by atoms with E-state index in [0.717, 1.165) is 47.0 Å². The van der Waals surface area contributed by atoms with E-state index >= 15 is 0 Å².